The van der Waals surface area contributed by atoms with E-state index in [9.17, 15) is 4.79 Å². The third kappa shape index (κ3) is 5.65. The molecule has 1 aromatic carbocycles. The Kier molecular flexibility index (Phi) is 6.48. The van der Waals surface area contributed by atoms with E-state index in [-0.39, 0.29) is 5.91 Å². The zero-order valence-corrected chi connectivity index (χ0v) is 14.0. The van der Waals surface area contributed by atoms with E-state index in [0.29, 0.717) is 17.3 Å². The molecule has 0 spiro atoms. The maximum atomic E-state index is 11.8. The molecule has 112 valence electrons. The van der Waals surface area contributed by atoms with Gasteiger partial charge in [-0.1, -0.05) is 29.9 Å². The van der Waals surface area contributed by atoms with Crippen LogP contribution in [-0.2, 0) is 11.2 Å². The van der Waals surface area contributed by atoms with Crippen LogP contribution in [0.4, 0.5) is 5.13 Å². The lowest BCUT2D eigenvalue weighted by atomic mass is 10.4. The minimum atomic E-state index is -0.0318. The summed E-state index contributed by atoms with van der Waals surface area (Å²) in [7, 11) is 0. The highest BCUT2D eigenvalue weighted by atomic mass is 35.5. The molecule has 0 aliphatic rings. The first-order chi connectivity index (χ1) is 10.2. The fourth-order valence-corrected chi connectivity index (χ4v) is 3.43. The van der Waals surface area contributed by atoms with Crippen molar-refractivity contribution in [2.75, 3.05) is 11.1 Å². The number of aryl methyl sites for hydroxylation is 1. The van der Waals surface area contributed by atoms with Gasteiger partial charge in [0.05, 0.1) is 0 Å². The highest BCUT2D eigenvalue weighted by molar-refractivity contribution is 7.99. The van der Waals surface area contributed by atoms with Gasteiger partial charge in [-0.2, -0.15) is 0 Å². The van der Waals surface area contributed by atoms with Crippen molar-refractivity contribution in [1.29, 1.82) is 0 Å². The molecule has 0 aliphatic carbocycles. The van der Waals surface area contributed by atoms with Gasteiger partial charge in [0.1, 0.15) is 5.01 Å². The number of halogens is 1. The molecule has 1 aromatic heterocycles. The topological polar surface area (TPSA) is 54.9 Å². The number of carbonyl (C=O) groups is 1. The maximum Gasteiger partial charge on any atom is 0.227 e. The Hall–Kier alpha value is -1.11. The van der Waals surface area contributed by atoms with Crippen LogP contribution in [0.25, 0.3) is 0 Å². The fraction of sp³-hybridized carbons (Fsp3) is 0.357. The number of aromatic nitrogens is 2. The number of rotatable bonds is 7. The Morgan fingerprint density at radius 2 is 2.10 bits per heavy atom. The van der Waals surface area contributed by atoms with Gasteiger partial charge in [-0.15, -0.1) is 22.0 Å². The first kappa shape index (κ1) is 16.3. The Labute approximate surface area is 137 Å². The van der Waals surface area contributed by atoms with Crippen molar-refractivity contribution >= 4 is 45.7 Å². The lowest BCUT2D eigenvalue weighted by Gasteiger charge is -2.02. The number of anilines is 1. The molecular formula is C14H16ClN3OS2. The number of hydrogen-bond donors (Lipinski definition) is 1. The molecule has 0 saturated heterocycles. The standard InChI is InChI=1S/C14H16ClN3OS2/c1-2-3-13-17-18-14(21-13)16-12(19)8-9-20-11-6-4-10(15)5-7-11/h4-7H,2-3,8-9H2,1H3,(H,16,18,19). The molecule has 0 radical (unpaired) electrons. The smallest absolute Gasteiger partial charge is 0.227 e. The van der Waals surface area contributed by atoms with Gasteiger partial charge in [0.15, 0.2) is 0 Å². The number of thioether (sulfide) groups is 1. The molecular weight excluding hydrogens is 326 g/mol. The first-order valence-corrected chi connectivity index (χ1v) is 8.86. The van der Waals surface area contributed by atoms with E-state index in [4.69, 9.17) is 11.6 Å². The highest BCUT2D eigenvalue weighted by Gasteiger charge is 2.08. The SMILES string of the molecule is CCCc1nnc(NC(=O)CCSc2ccc(Cl)cc2)s1. The molecule has 1 amide bonds. The zero-order chi connectivity index (χ0) is 15.1. The van der Waals surface area contributed by atoms with Crippen molar-refractivity contribution in [1.82, 2.24) is 10.2 Å². The molecule has 2 aromatic rings. The molecule has 7 heteroatoms. The summed E-state index contributed by atoms with van der Waals surface area (Å²) in [5.74, 6) is 0.685. The number of nitrogens with one attached hydrogen (secondary N) is 1. The van der Waals surface area contributed by atoms with Crippen LogP contribution in [0.15, 0.2) is 29.2 Å². The summed E-state index contributed by atoms with van der Waals surface area (Å²) in [6.45, 7) is 2.09. The van der Waals surface area contributed by atoms with Crippen LogP contribution in [0.2, 0.25) is 5.02 Å². The molecule has 4 nitrogen and oxygen atoms in total. The average molecular weight is 342 g/mol. The minimum Gasteiger partial charge on any atom is -0.301 e. The van der Waals surface area contributed by atoms with Crippen molar-refractivity contribution < 1.29 is 4.79 Å². The maximum absolute atomic E-state index is 11.8. The summed E-state index contributed by atoms with van der Waals surface area (Å²) < 4.78 is 0. The van der Waals surface area contributed by atoms with Crippen molar-refractivity contribution in [3.8, 4) is 0 Å². The second-order valence-corrected chi connectivity index (χ2v) is 7.02. The number of amides is 1. The Bertz CT molecular complexity index is 586. The largest absolute Gasteiger partial charge is 0.301 e. The van der Waals surface area contributed by atoms with Crippen molar-refractivity contribution in [2.24, 2.45) is 0 Å². The second-order valence-electron chi connectivity index (χ2n) is 4.35. The van der Waals surface area contributed by atoms with Gasteiger partial charge < -0.3 is 5.32 Å². The van der Waals surface area contributed by atoms with Crippen molar-refractivity contribution in [3.63, 3.8) is 0 Å². The van der Waals surface area contributed by atoms with Crippen molar-refractivity contribution in [3.05, 3.63) is 34.3 Å². The molecule has 0 aliphatic heterocycles. The highest BCUT2D eigenvalue weighted by Crippen LogP contribution is 2.21. The van der Waals surface area contributed by atoms with E-state index in [2.05, 4.69) is 22.4 Å². The fourth-order valence-electron chi connectivity index (χ4n) is 1.59. The number of hydrogen-bond acceptors (Lipinski definition) is 5. The van der Waals surface area contributed by atoms with Gasteiger partial charge in [-0.3, -0.25) is 4.79 Å². The van der Waals surface area contributed by atoms with Crippen LogP contribution in [0.1, 0.15) is 24.8 Å². The molecule has 0 fully saturated rings. The molecule has 2 rings (SSSR count). The predicted molar refractivity (Wildman–Crippen MR) is 89.3 cm³/mol. The Morgan fingerprint density at radius 3 is 2.81 bits per heavy atom. The third-order valence-electron chi connectivity index (χ3n) is 2.59. The van der Waals surface area contributed by atoms with Crippen LogP contribution in [0.5, 0.6) is 0 Å². The molecule has 1 N–H and O–H groups in total. The molecule has 0 unspecified atom stereocenters. The van der Waals surface area contributed by atoms with E-state index in [1.54, 1.807) is 11.8 Å². The quantitative estimate of drug-likeness (QED) is 0.764. The molecule has 0 saturated carbocycles. The lowest BCUT2D eigenvalue weighted by molar-refractivity contribution is -0.115. The summed E-state index contributed by atoms with van der Waals surface area (Å²) in [5, 5.41) is 13.0. The molecule has 0 bridgehead atoms. The van der Waals surface area contributed by atoms with Crippen LogP contribution < -0.4 is 5.32 Å². The third-order valence-corrected chi connectivity index (χ3v) is 4.75. The van der Waals surface area contributed by atoms with Gasteiger partial charge in [-0.05, 0) is 30.7 Å². The monoisotopic (exact) mass is 341 g/mol. The summed E-state index contributed by atoms with van der Waals surface area (Å²) in [6.07, 6.45) is 2.37. The minimum absolute atomic E-state index is 0.0318. The van der Waals surface area contributed by atoms with Gasteiger partial charge in [-0.25, -0.2) is 0 Å². The number of carbonyl (C=O) groups excluding carboxylic acids is 1. The zero-order valence-electron chi connectivity index (χ0n) is 11.6. The molecule has 0 atom stereocenters. The van der Waals surface area contributed by atoms with E-state index in [1.165, 1.54) is 11.3 Å². The van der Waals surface area contributed by atoms with Crippen LogP contribution >= 0.6 is 34.7 Å². The summed E-state index contributed by atoms with van der Waals surface area (Å²) in [6, 6.07) is 7.60. The van der Waals surface area contributed by atoms with Gasteiger partial charge in [0.25, 0.3) is 0 Å². The van der Waals surface area contributed by atoms with Crippen LogP contribution in [-0.4, -0.2) is 21.9 Å². The van der Waals surface area contributed by atoms with E-state index >= 15 is 0 Å². The van der Waals surface area contributed by atoms with E-state index in [1.807, 2.05) is 24.3 Å². The number of nitrogens with zero attached hydrogens (tertiary/aromatic N) is 2. The lowest BCUT2D eigenvalue weighted by Crippen LogP contribution is -2.11. The van der Waals surface area contributed by atoms with Crippen molar-refractivity contribution in [2.45, 2.75) is 31.1 Å². The van der Waals surface area contributed by atoms with Gasteiger partial charge in [0.2, 0.25) is 11.0 Å². The van der Waals surface area contributed by atoms with Gasteiger partial charge in [0, 0.05) is 28.5 Å². The van der Waals surface area contributed by atoms with E-state index in [0.717, 1.165) is 27.8 Å². The van der Waals surface area contributed by atoms with Crippen LogP contribution in [0, 0.1) is 0 Å². The normalized spacial score (nSPS) is 10.6. The van der Waals surface area contributed by atoms with Crippen LogP contribution in [0.3, 0.4) is 0 Å². The Balaban J connectivity index is 1.72. The predicted octanol–water partition coefficient (Wildman–Crippen LogP) is 4.26. The second kappa shape index (κ2) is 8.36. The summed E-state index contributed by atoms with van der Waals surface area (Å²) in [4.78, 5) is 12.9. The Morgan fingerprint density at radius 1 is 1.33 bits per heavy atom. The molecule has 1 heterocycles. The summed E-state index contributed by atoms with van der Waals surface area (Å²) >= 11 is 8.90. The van der Waals surface area contributed by atoms with E-state index < -0.39 is 0 Å². The average Bonchev–Trinajstić information content (AvgIpc) is 2.89. The number of benzene rings is 1. The van der Waals surface area contributed by atoms with Gasteiger partial charge >= 0.3 is 0 Å². The molecule has 21 heavy (non-hydrogen) atoms. The summed E-state index contributed by atoms with van der Waals surface area (Å²) in [5.41, 5.74) is 0. The first-order valence-electron chi connectivity index (χ1n) is 6.68.